The highest BCUT2D eigenvalue weighted by Gasteiger charge is 2.16. The van der Waals surface area contributed by atoms with Gasteiger partial charge in [-0.05, 0) is 17.9 Å². The minimum Gasteiger partial charge on any atom is -0.323 e. The molecule has 2 amide bonds. The van der Waals surface area contributed by atoms with E-state index in [1.165, 1.54) is 0 Å². The SMILES string of the molecule is CCSc1ccc(NC(=O)N2CCSCC2)cn1. The minimum absolute atomic E-state index is 0.0204. The van der Waals surface area contributed by atoms with Crippen LogP contribution in [0.25, 0.3) is 0 Å². The number of pyridine rings is 1. The summed E-state index contributed by atoms with van der Waals surface area (Å²) in [6, 6.07) is 3.82. The largest absolute Gasteiger partial charge is 0.323 e. The Bertz CT molecular complexity index is 391. The third-order valence-electron chi connectivity index (χ3n) is 2.58. The van der Waals surface area contributed by atoms with Gasteiger partial charge in [0, 0.05) is 24.6 Å². The molecule has 0 spiro atoms. The topological polar surface area (TPSA) is 45.2 Å². The molecule has 1 saturated heterocycles. The first-order chi connectivity index (χ1) is 8.79. The predicted molar refractivity (Wildman–Crippen MR) is 78.6 cm³/mol. The van der Waals surface area contributed by atoms with Crippen LogP contribution in [0.5, 0.6) is 0 Å². The molecule has 0 aliphatic carbocycles. The lowest BCUT2D eigenvalue weighted by Gasteiger charge is -2.26. The molecule has 2 rings (SSSR count). The first-order valence-electron chi connectivity index (χ1n) is 6.02. The van der Waals surface area contributed by atoms with Crippen LogP contribution in [0.15, 0.2) is 23.4 Å². The second kappa shape index (κ2) is 6.89. The number of nitrogens with one attached hydrogen (secondary N) is 1. The van der Waals surface area contributed by atoms with Gasteiger partial charge in [-0.3, -0.25) is 0 Å². The van der Waals surface area contributed by atoms with Crippen LogP contribution in [-0.2, 0) is 0 Å². The number of carbonyl (C=O) groups is 1. The van der Waals surface area contributed by atoms with Crippen molar-refractivity contribution >= 4 is 35.2 Å². The Labute approximate surface area is 116 Å². The van der Waals surface area contributed by atoms with E-state index in [0.717, 1.165) is 41.1 Å². The van der Waals surface area contributed by atoms with Gasteiger partial charge in [-0.25, -0.2) is 9.78 Å². The molecule has 0 radical (unpaired) electrons. The van der Waals surface area contributed by atoms with E-state index in [-0.39, 0.29) is 6.03 Å². The fourth-order valence-corrected chi connectivity index (χ4v) is 3.15. The summed E-state index contributed by atoms with van der Waals surface area (Å²) in [5.41, 5.74) is 0.763. The van der Waals surface area contributed by atoms with Crippen molar-refractivity contribution in [3.05, 3.63) is 18.3 Å². The summed E-state index contributed by atoms with van der Waals surface area (Å²) in [6.07, 6.45) is 1.72. The van der Waals surface area contributed by atoms with Crippen LogP contribution < -0.4 is 5.32 Å². The van der Waals surface area contributed by atoms with Crippen molar-refractivity contribution in [1.82, 2.24) is 9.88 Å². The quantitative estimate of drug-likeness (QED) is 0.866. The highest BCUT2D eigenvalue weighted by atomic mass is 32.2. The third kappa shape index (κ3) is 3.81. The van der Waals surface area contributed by atoms with E-state index < -0.39 is 0 Å². The zero-order chi connectivity index (χ0) is 12.8. The maximum atomic E-state index is 12.0. The van der Waals surface area contributed by atoms with E-state index in [1.54, 1.807) is 18.0 Å². The molecule has 0 saturated carbocycles. The van der Waals surface area contributed by atoms with Gasteiger partial charge >= 0.3 is 6.03 Å². The monoisotopic (exact) mass is 283 g/mol. The lowest BCUT2D eigenvalue weighted by atomic mass is 10.4. The van der Waals surface area contributed by atoms with Crippen molar-refractivity contribution in [2.24, 2.45) is 0 Å². The molecular formula is C12H17N3OS2. The Hall–Kier alpha value is -0.880. The Morgan fingerprint density at radius 1 is 1.50 bits per heavy atom. The number of nitrogens with zero attached hydrogens (tertiary/aromatic N) is 2. The molecule has 1 aliphatic heterocycles. The number of amides is 2. The van der Waals surface area contributed by atoms with Crippen LogP contribution in [0.3, 0.4) is 0 Å². The van der Waals surface area contributed by atoms with E-state index in [1.807, 2.05) is 28.8 Å². The number of urea groups is 1. The summed E-state index contributed by atoms with van der Waals surface area (Å²) < 4.78 is 0. The number of rotatable bonds is 3. The average Bonchev–Trinajstić information content (AvgIpc) is 2.42. The lowest BCUT2D eigenvalue weighted by Crippen LogP contribution is -2.40. The molecule has 0 unspecified atom stereocenters. The van der Waals surface area contributed by atoms with Gasteiger partial charge in [0.05, 0.1) is 16.9 Å². The van der Waals surface area contributed by atoms with Gasteiger partial charge in [-0.1, -0.05) is 6.92 Å². The van der Waals surface area contributed by atoms with Crippen LogP contribution in [-0.4, -0.2) is 46.3 Å². The Kier molecular flexibility index (Phi) is 5.19. The molecule has 0 atom stereocenters. The van der Waals surface area contributed by atoms with Gasteiger partial charge in [0.2, 0.25) is 0 Å². The number of hydrogen-bond donors (Lipinski definition) is 1. The van der Waals surface area contributed by atoms with Gasteiger partial charge in [0.1, 0.15) is 0 Å². The Balaban J connectivity index is 1.89. The average molecular weight is 283 g/mol. The molecule has 98 valence electrons. The first kappa shape index (κ1) is 13.5. The fraction of sp³-hybridized carbons (Fsp3) is 0.500. The Morgan fingerprint density at radius 2 is 2.28 bits per heavy atom. The normalized spacial score (nSPS) is 15.5. The number of anilines is 1. The van der Waals surface area contributed by atoms with Gasteiger partial charge in [-0.2, -0.15) is 11.8 Å². The molecule has 1 aromatic heterocycles. The third-order valence-corrected chi connectivity index (χ3v) is 4.35. The lowest BCUT2D eigenvalue weighted by molar-refractivity contribution is 0.217. The molecule has 1 aliphatic rings. The summed E-state index contributed by atoms with van der Waals surface area (Å²) in [5.74, 6) is 3.06. The van der Waals surface area contributed by atoms with Gasteiger partial charge in [0.15, 0.2) is 0 Å². The molecule has 18 heavy (non-hydrogen) atoms. The molecule has 4 nitrogen and oxygen atoms in total. The molecule has 0 aromatic carbocycles. The number of thioether (sulfide) groups is 2. The molecule has 0 bridgehead atoms. The summed E-state index contributed by atoms with van der Waals surface area (Å²) in [5, 5.41) is 3.88. The molecule has 1 N–H and O–H groups in total. The summed E-state index contributed by atoms with van der Waals surface area (Å²) in [7, 11) is 0. The summed E-state index contributed by atoms with van der Waals surface area (Å²) in [4.78, 5) is 18.1. The van der Waals surface area contributed by atoms with Crippen LogP contribution in [0.4, 0.5) is 10.5 Å². The van der Waals surface area contributed by atoms with Crippen LogP contribution in [0.1, 0.15) is 6.92 Å². The van der Waals surface area contributed by atoms with E-state index >= 15 is 0 Å². The Morgan fingerprint density at radius 3 is 2.89 bits per heavy atom. The van der Waals surface area contributed by atoms with E-state index in [0.29, 0.717) is 0 Å². The number of carbonyl (C=O) groups excluding carboxylic acids is 1. The first-order valence-corrected chi connectivity index (χ1v) is 8.16. The summed E-state index contributed by atoms with van der Waals surface area (Å²) in [6.45, 7) is 3.75. The van der Waals surface area contributed by atoms with Crippen LogP contribution >= 0.6 is 23.5 Å². The highest BCUT2D eigenvalue weighted by molar-refractivity contribution is 7.99. The maximum absolute atomic E-state index is 12.0. The van der Waals surface area contributed by atoms with Crippen molar-refractivity contribution in [2.75, 3.05) is 35.7 Å². The standard InChI is InChI=1S/C12H17N3OS2/c1-2-18-11-4-3-10(9-13-11)14-12(16)15-5-7-17-8-6-15/h3-4,9H,2,5-8H2,1H3,(H,14,16). The van der Waals surface area contributed by atoms with Crippen molar-refractivity contribution in [3.63, 3.8) is 0 Å². The van der Waals surface area contributed by atoms with Gasteiger partial charge in [-0.15, -0.1) is 11.8 Å². The number of aromatic nitrogens is 1. The van der Waals surface area contributed by atoms with Crippen molar-refractivity contribution < 1.29 is 4.79 Å². The fourth-order valence-electron chi connectivity index (χ4n) is 1.66. The predicted octanol–water partition coefficient (Wildman–Crippen LogP) is 2.77. The van der Waals surface area contributed by atoms with Crippen LogP contribution in [0.2, 0.25) is 0 Å². The second-order valence-corrected chi connectivity index (χ2v) is 6.36. The van der Waals surface area contributed by atoms with Crippen molar-refractivity contribution in [2.45, 2.75) is 11.9 Å². The van der Waals surface area contributed by atoms with E-state index in [4.69, 9.17) is 0 Å². The molecule has 6 heteroatoms. The maximum Gasteiger partial charge on any atom is 0.321 e. The molecule has 2 heterocycles. The van der Waals surface area contributed by atoms with Gasteiger partial charge < -0.3 is 10.2 Å². The van der Waals surface area contributed by atoms with Crippen LogP contribution in [0, 0.1) is 0 Å². The van der Waals surface area contributed by atoms with Gasteiger partial charge in [0.25, 0.3) is 0 Å². The van der Waals surface area contributed by atoms with Crippen molar-refractivity contribution in [3.8, 4) is 0 Å². The second-order valence-electron chi connectivity index (χ2n) is 3.85. The zero-order valence-electron chi connectivity index (χ0n) is 10.4. The summed E-state index contributed by atoms with van der Waals surface area (Å²) >= 11 is 3.59. The van der Waals surface area contributed by atoms with E-state index in [9.17, 15) is 4.79 Å². The highest BCUT2D eigenvalue weighted by Crippen LogP contribution is 2.17. The molecule has 1 fully saturated rings. The van der Waals surface area contributed by atoms with Crippen molar-refractivity contribution in [1.29, 1.82) is 0 Å². The molecular weight excluding hydrogens is 266 g/mol. The smallest absolute Gasteiger partial charge is 0.321 e. The van der Waals surface area contributed by atoms with E-state index in [2.05, 4.69) is 17.2 Å². The number of hydrogen-bond acceptors (Lipinski definition) is 4. The zero-order valence-corrected chi connectivity index (χ0v) is 12.0. The molecule has 1 aromatic rings. The minimum atomic E-state index is -0.0204.